The Morgan fingerprint density at radius 3 is 2.69 bits per heavy atom. The second kappa shape index (κ2) is 3.56. The number of hydrogen-bond donors (Lipinski definition) is 0. The minimum Gasteiger partial charge on any atom is -0.268 e. The predicted molar refractivity (Wildman–Crippen MR) is 56.8 cm³/mol. The molecule has 0 atom stereocenters. The van der Waals surface area contributed by atoms with Crippen LogP contribution < -0.4 is 5.56 Å². The number of hydrogen-bond acceptors (Lipinski definition) is 3. The molecule has 0 bridgehead atoms. The smallest absolute Gasteiger partial charge is 0.268 e. The Kier molecular flexibility index (Phi) is 2.58. The molecule has 0 saturated heterocycles. The number of aromatic nitrogens is 2. The summed E-state index contributed by atoms with van der Waals surface area (Å²) in [5, 5.41) is 1.58. The highest BCUT2D eigenvalue weighted by molar-refractivity contribution is 9.10. The van der Waals surface area contributed by atoms with Gasteiger partial charge in [-0.25, -0.2) is 4.98 Å². The molecule has 0 aliphatic rings. The van der Waals surface area contributed by atoms with Crippen LogP contribution in [0.15, 0.2) is 14.6 Å². The molecule has 16 heavy (non-hydrogen) atoms. The maximum atomic E-state index is 12.5. The molecule has 0 aromatic carbocycles. The Bertz CT molecular complexity index is 616. The zero-order chi connectivity index (χ0) is 12.1. The number of rotatable bonds is 0. The molecule has 0 radical (unpaired) electrons. The molecule has 2 aromatic rings. The molecule has 0 aliphatic heterocycles. The Labute approximate surface area is 99.7 Å². The average Bonchev–Trinajstić information content (AvgIpc) is 2.52. The lowest BCUT2D eigenvalue weighted by Crippen LogP contribution is -2.22. The van der Waals surface area contributed by atoms with E-state index < -0.39 is 21.9 Å². The highest BCUT2D eigenvalue weighted by Crippen LogP contribution is 2.32. The van der Waals surface area contributed by atoms with Crippen molar-refractivity contribution in [3.8, 4) is 0 Å². The SMILES string of the molecule is Cc1csc2nc(C(F)(F)F)c(Br)c(=O)n12. The van der Waals surface area contributed by atoms with Gasteiger partial charge in [0.1, 0.15) is 4.47 Å². The molecule has 0 N–H and O–H groups in total. The van der Waals surface area contributed by atoms with Crippen LogP contribution in [0.1, 0.15) is 11.4 Å². The van der Waals surface area contributed by atoms with E-state index in [1.54, 1.807) is 12.3 Å². The lowest BCUT2D eigenvalue weighted by atomic mass is 10.4. The Morgan fingerprint density at radius 2 is 2.12 bits per heavy atom. The van der Waals surface area contributed by atoms with E-state index in [0.717, 1.165) is 15.7 Å². The normalized spacial score (nSPS) is 12.3. The van der Waals surface area contributed by atoms with Crippen molar-refractivity contribution in [2.45, 2.75) is 13.1 Å². The van der Waals surface area contributed by atoms with Crippen LogP contribution in [0, 0.1) is 6.92 Å². The maximum absolute atomic E-state index is 12.5. The third kappa shape index (κ3) is 1.65. The topological polar surface area (TPSA) is 34.4 Å². The summed E-state index contributed by atoms with van der Waals surface area (Å²) in [7, 11) is 0. The van der Waals surface area contributed by atoms with Crippen molar-refractivity contribution in [2.24, 2.45) is 0 Å². The maximum Gasteiger partial charge on any atom is 0.434 e. The Hall–Kier alpha value is -0.890. The van der Waals surface area contributed by atoms with E-state index >= 15 is 0 Å². The largest absolute Gasteiger partial charge is 0.434 e. The fourth-order valence-electron chi connectivity index (χ4n) is 1.25. The number of fused-ring (bicyclic) bond motifs is 1. The Balaban J connectivity index is 2.92. The highest BCUT2D eigenvalue weighted by atomic mass is 79.9. The second-order valence-electron chi connectivity index (χ2n) is 3.07. The van der Waals surface area contributed by atoms with Crippen molar-refractivity contribution in [3.05, 3.63) is 31.6 Å². The summed E-state index contributed by atoms with van der Waals surface area (Å²) in [5.41, 5.74) is -1.36. The quantitative estimate of drug-likeness (QED) is 0.749. The van der Waals surface area contributed by atoms with Gasteiger partial charge in [-0.05, 0) is 22.9 Å². The first-order valence-corrected chi connectivity index (χ1v) is 5.73. The van der Waals surface area contributed by atoms with E-state index in [4.69, 9.17) is 0 Å². The lowest BCUT2D eigenvalue weighted by molar-refractivity contribution is -0.141. The molecule has 0 aliphatic carbocycles. The van der Waals surface area contributed by atoms with Crippen molar-refractivity contribution in [2.75, 3.05) is 0 Å². The fourth-order valence-corrected chi connectivity index (χ4v) is 2.60. The van der Waals surface area contributed by atoms with Crippen LogP contribution in [-0.4, -0.2) is 9.38 Å². The van der Waals surface area contributed by atoms with Crippen LogP contribution in [0.4, 0.5) is 13.2 Å². The molecule has 0 amide bonds. The standard InChI is InChI=1S/C8H4BrF3N2OS/c1-3-2-16-7-13-5(8(10,11)12)4(9)6(15)14(3)7/h2H,1H3. The van der Waals surface area contributed by atoms with E-state index in [9.17, 15) is 18.0 Å². The molecule has 2 rings (SSSR count). The highest BCUT2D eigenvalue weighted by Gasteiger charge is 2.37. The van der Waals surface area contributed by atoms with Gasteiger partial charge in [0.25, 0.3) is 5.56 Å². The lowest BCUT2D eigenvalue weighted by Gasteiger charge is -2.07. The number of nitrogens with zero attached hydrogens (tertiary/aromatic N) is 2. The average molecular weight is 313 g/mol. The van der Waals surface area contributed by atoms with Crippen molar-refractivity contribution in [3.63, 3.8) is 0 Å². The molecule has 8 heteroatoms. The van der Waals surface area contributed by atoms with Crippen LogP contribution in [0.3, 0.4) is 0 Å². The van der Waals surface area contributed by atoms with Crippen LogP contribution in [0.25, 0.3) is 4.96 Å². The van der Waals surface area contributed by atoms with E-state index in [1.807, 2.05) is 0 Å². The third-order valence-electron chi connectivity index (χ3n) is 1.95. The van der Waals surface area contributed by atoms with Gasteiger partial charge in [-0.15, -0.1) is 11.3 Å². The monoisotopic (exact) mass is 312 g/mol. The van der Waals surface area contributed by atoms with Crippen LogP contribution in [0.5, 0.6) is 0 Å². The van der Waals surface area contributed by atoms with Gasteiger partial charge in [-0.1, -0.05) is 0 Å². The van der Waals surface area contributed by atoms with E-state index in [1.165, 1.54) is 0 Å². The third-order valence-corrected chi connectivity index (χ3v) is 3.61. The zero-order valence-electron chi connectivity index (χ0n) is 7.80. The van der Waals surface area contributed by atoms with Gasteiger partial charge in [0.05, 0.1) is 0 Å². The van der Waals surface area contributed by atoms with Crippen molar-refractivity contribution in [1.82, 2.24) is 9.38 Å². The van der Waals surface area contributed by atoms with Gasteiger partial charge >= 0.3 is 6.18 Å². The summed E-state index contributed by atoms with van der Waals surface area (Å²) in [6.07, 6.45) is -4.63. The first-order chi connectivity index (χ1) is 7.32. The summed E-state index contributed by atoms with van der Waals surface area (Å²) < 4.78 is 38.2. The number of halogens is 4. The number of thiazole rings is 1. The molecule has 0 spiro atoms. The first kappa shape index (κ1) is 11.6. The van der Waals surface area contributed by atoms with Crippen molar-refractivity contribution in [1.29, 1.82) is 0 Å². The van der Waals surface area contributed by atoms with Crippen molar-refractivity contribution >= 4 is 32.2 Å². The van der Waals surface area contributed by atoms with Gasteiger partial charge in [0.15, 0.2) is 10.7 Å². The van der Waals surface area contributed by atoms with Gasteiger partial charge < -0.3 is 0 Å². The van der Waals surface area contributed by atoms with Crippen molar-refractivity contribution < 1.29 is 13.2 Å². The summed E-state index contributed by atoms with van der Waals surface area (Å²) >= 11 is 3.64. The van der Waals surface area contributed by atoms with Crippen LogP contribution in [0.2, 0.25) is 0 Å². The molecule has 86 valence electrons. The summed E-state index contributed by atoms with van der Waals surface area (Å²) in [6.45, 7) is 1.63. The molecule has 0 saturated carbocycles. The molecule has 2 aromatic heterocycles. The molecule has 2 heterocycles. The summed E-state index contributed by atoms with van der Waals surface area (Å²) in [6, 6.07) is 0. The van der Waals surface area contributed by atoms with Gasteiger partial charge in [-0.2, -0.15) is 13.2 Å². The molecular formula is C8H4BrF3N2OS. The number of aryl methyl sites for hydroxylation is 1. The summed E-state index contributed by atoms with van der Waals surface area (Å²) in [4.78, 5) is 15.1. The van der Waals surface area contributed by atoms with E-state index in [-0.39, 0.29) is 4.96 Å². The van der Waals surface area contributed by atoms with E-state index in [2.05, 4.69) is 20.9 Å². The van der Waals surface area contributed by atoms with Gasteiger partial charge in [0, 0.05) is 11.1 Å². The predicted octanol–water partition coefficient (Wildman–Crippen LogP) is 2.85. The molecule has 0 unspecified atom stereocenters. The first-order valence-electron chi connectivity index (χ1n) is 4.06. The molecule has 0 fully saturated rings. The number of alkyl halides is 3. The second-order valence-corrected chi connectivity index (χ2v) is 4.70. The molecular weight excluding hydrogens is 309 g/mol. The molecule has 3 nitrogen and oxygen atoms in total. The van der Waals surface area contributed by atoms with Crippen LogP contribution in [-0.2, 0) is 6.18 Å². The fraction of sp³-hybridized carbons (Fsp3) is 0.250. The van der Waals surface area contributed by atoms with Gasteiger partial charge in [-0.3, -0.25) is 9.20 Å². The van der Waals surface area contributed by atoms with Crippen LogP contribution >= 0.6 is 27.3 Å². The zero-order valence-corrected chi connectivity index (χ0v) is 10.2. The van der Waals surface area contributed by atoms with Gasteiger partial charge in [0.2, 0.25) is 0 Å². The minimum absolute atomic E-state index is 0.0398. The Morgan fingerprint density at radius 1 is 1.50 bits per heavy atom. The minimum atomic E-state index is -4.63. The van der Waals surface area contributed by atoms with E-state index in [0.29, 0.717) is 5.69 Å². The summed E-state index contributed by atoms with van der Waals surface area (Å²) in [5.74, 6) is 0.